The zero-order valence-corrected chi connectivity index (χ0v) is 10.3. The van der Waals surface area contributed by atoms with E-state index in [1.54, 1.807) is 0 Å². The van der Waals surface area contributed by atoms with Crippen LogP contribution >= 0.6 is 0 Å². The van der Waals surface area contributed by atoms with Gasteiger partial charge in [0.15, 0.2) is 0 Å². The van der Waals surface area contributed by atoms with Crippen molar-refractivity contribution in [3.05, 3.63) is 12.2 Å². The first-order valence-corrected chi connectivity index (χ1v) is 7.27. The molecule has 0 unspecified atom stereocenters. The summed E-state index contributed by atoms with van der Waals surface area (Å²) in [6.07, 6.45) is 11.4. The fraction of sp³-hybridized carbons (Fsp3) is 0.818. The smallest absolute Gasteiger partial charge is 0.264 e. The van der Waals surface area contributed by atoms with Gasteiger partial charge in [-0.25, -0.2) is 0 Å². The first kappa shape index (κ1) is 14.6. The Balaban J connectivity index is 3.15. The highest BCUT2D eigenvalue weighted by molar-refractivity contribution is 7.85. The Hall–Kier alpha value is -0.350. The maximum Gasteiger partial charge on any atom is 0.264 e. The van der Waals surface area contributed by atoms with Crippen LogP contribution < -0.4 is 0 Å². The third-order valence-corrected chi connectivity index (χ3v) is 2.98. The number of rotatable bonds is 9. The molecule has 0 heterocycles. The molecule has 0 spiro atoms. The van der Waals surface area contributed by atoms with Crippen LogP contribution in [-0.2, 0) is 10.1 Å². The third-order valence-electron chi connectivity index (χ3n) is 2.18. The minimum absolute atomic E-state index is 0.0945. The van der Waals surface area contributed by atoms with Crippen LogP contribution in [0, 0.1) is 0 Å². The minimum Gasteiger partial charge on any atom is -0.286 e. The van der Waals surface area contributed by atoms with E-state index in [9.17, 15) is 8.42 Å². The molecule has 0 aliphatic rings. The predicted octanol–water partition coefficient (Wildman–Crippen LogP) is 3.18. The number of allylic oxidation sites excluding steroid dienone is 2. The van der Waals surface area contributed by atoms with Crippen LogP contribution in [0.3, 0.4) is 0 Å². The van der Waals surface area contributed by atoms with Crippen molar-refractivity contribution in [3.8, 4) is 0 Å². The van der Waals surface area contributed by atoms with E-state index in [1.807, 2.05) is 0 Å². The first-order valence-electron chi connectivity index (χ1n) is 5.66. The van der Waals surface area contributed by atoms with Crippen molar-refractivity contribution >= 4 is 10.1 Å². The van der Waals surface area contributed by atoms with Gasteiger partial charge in [0.25, 0.3) is 10.1 Å². The van der Waals surface area contributed by atoms with Gasteiger partial charge >= 0.3 is 0 Å². The summed E-state index contributed by atoms with van der Waals surface area (Å²) < 4.78 is 29.3. The lowest BCUT2D eigenvalue weighted by Crippen LogP contribution is -2.03. The molecule has 0 saturated carbocycles. The molecule has 0 amide bonds. The van der Waals surface area contributed by atoms with Gasteiger partial charge < -0.3 is 0 Å². The Bertz CT molecular complexity index is 255. The van der Waals surface area contributed by atoms with Gasteiger partial charge in [-0.3, -0.25) is 4.55 Å². The number of hydrogen-bond donors (Lipinski definition) is 1. The van der Waals surface area contributed by atoms with E-state index in [0.29, 0.717) is 6.42 Å². The zero-order chi connectivity index (χ0) is 11.6. The van der Waals surface area contributed by atoms with Gasteiger partial charge in [-0.2, -0.15) is 8.42 Å². The molecule has 4 heteroatoms. The molecule has 90 valence electrons. The SMILES string of the molecule is CC/C=C\CCCCCCCS(=O)(=O)O. The van der Waals surface area contributed by atoms with Crippen LogP contribution in [0.2, 0.25) is 0 Å². The average molecular weight is 234 g/mol. The van der Waals surface area contributed by atoms with Crippen molar-refractivity contribution in [3.63, 3.8) is 0 Å². The van der Waals surface area contributed by atoms with Gasteiger partial charge in [-0.15, -0.1) is 0 Å². The molecular weight excluding hydrogens is 212 g/mol. The molecule has 0 aromatic heterocycles. The summed E-state index contributed by atoms with van der Waals surface area (Å²) in [4.78, 5) is 0. The van der Waals surface area contributed by atoms with Crippen molar-refractivity contribution in [2.75, 3.05) is 5.75 Å². The van der Waals surface area contributed by atoms with Crippen LogP contribution in [0.5, 0.6) is 0 Å². The summed E-state index contributed by atoms with van der Waals surface area (Å²) in [7, 11) is -3.74. The highest BCUT2D eigenvalue weighted by Gasteiger charge is 2.02. The molecule has 0 aliphatic heterocycles. The van der Waals surface area contributed by atoms with E-state index < -0.39 is 10.1 Å². The van der Waals surface area contributed by atoms with E-state index in [4.69, 9.17) is 4.55 Å². The highest BCUT2D eigenvalue weighted by atomic mass is 32.2. The Labute approximate surface area is 93.3 Å². The van der Waals surface area contributed by atoms with Crippen LogP contribution in [-0.4, -0.2) is 18.7 Å². The molecule has 3 nitrogen and oxygen atoms in total. The second-order valence-electron chi connectivity index (χ2n) is 3.72. The summed E-state index contributed by atoms with van der Waals surface area (Å²) in [5, 5.41) is 0. The Kier molecular flexibility index (Phi) is 8.71. The summed E-state index contributed by atoms with van der Waals surface area (Å²) in [6, 6.07) is 0. The van der Waals surface area contributed by atoms with E-state index >= 15 is 0 Å². The lowest BCUT2D eigenvalue weighted by atomic mass is 10.1. The van der Waals surface area contributed by atoms with Gasteiger partial charge in [-0.05, 0) is 25.7 Å². The molecule has 0 aromatic rings. The molecule has 0 rings (SSSR count). The quantitative estimate of drug-likeness (QED) is 0.379. The van der Waals surface area contributed by atoms with E-state index in [-0.39, 0.29) is 5.75 Å². The number of unbranched alkanes of at least 4 members (excludes halogenated alkanes) is 5. The molecule has 0 saturated heterocycles. The summed E-state index contributed by atoms with van der Waals surface area (Å²) >= 11 is 0. The zero-order valence-electron chi connectivity index (χ0n) is 9.48. The van der Waals surface area contributed by atoms with Crippen molar-refractivity contribution in [2.24, 2.45) is 0 Å². The van der Waals surface area contributed by atoms with Gasteiger partial charge in [0.2, 0.25) is 0 Å². The first-order chi connectivity index (χ1) is 7.06. The van der Waals surface area contributed by atoms with Gasteiger partial charge in [0.05, 0.1) is 5.75 Å². The lowest BCUT2D eigenvalue weighted by Gasteiger charge is -1.98. The van der Waals surface area contributed by atoms with Gasteiger partial charge in [0.1, 0.15) is 0 Å². The van der Waals surface area contributed by atoms with Crippen LogP contribution in [0.25, 0.3) is 0 Å². The summed E-state index contributed by atoms with van der Waals surface area (Å²) in [5.74, 6) is -0.0945. The van der Waals surface area contributed by atoms with Crippen molar-refractivity contribution < 1.29 is 13.0 Å². The largest absolute Gasteiger partial charge is 0.286 e. The topological polar surface area (TPSA) is 54.4 Å². The Morgan fingerprint density at radius 2 is 1.60 bits per heavy atom. The Morgan fingerprint density at radius 3 is 2.20 bits per heavy atom. The van der Waals surface area contributed by atoms with E-state index in [2.05, 4.69) is 19.1 Å². The maximum absolute atomic E-state index is 10.4. The van der Waals surface area contributed by atoms with Crippen molar-refractivity contribution in [1.82, 2.24) is 0 Å². The summed E-state index contributed by atoms with van der Waals surface area (Å²) in [6.45, 7) is 2.12. The molecule has 0 aliphatic carbocycles. The van der Waals surface area contributed by atoms with Crippen molar-refractivity contribution in [1.29, 1.82) is 0 Å². The summed E-state index contributed by atoms with van der Waals surface area (Å²) in [5.41, 5.74) is 0. The molecule has 0 fully saturated rings. The molecule has 0 bridgehead atoms. The van der Waals surface area contributed by atoms with Crippen LogP contribution in [0.4, 0.5) is 0 Å². The van der Waals surface area contributed by atoms with Gasteiger partial charge in [0, 0.05) is 0 Å². The third kappa shape index (κ3) is 13.7. The second kappa shape index (κ2) is 8.92. The monoisotopic (exact) mass is 234 g/mol. The van der Waals surface area contributed by atoms with Crippen LogP contribution in [0.1, 0.15) is 51.9 Å². The molecule has 1 N–H and O–H groups in total. The van der Waals surface area contributed by atoms with E-state index in [0.717, 1.165) is 32.1 Å². The van der Waals surface area contributed by atoms with E-state index in [1.165, 1.54) is 6.42 Å². The Morgan fingerprint density at radius 1 is 1.00 bits per heavy atom. The fourth-order valence-electron chi connectivity index (χ4n) is 1.36. The molecule has 15 heavy (non-hydrogen) atoms. The second-order valence-corrected chi connectivity index (χ2v) is 5.29. The fourth-order valence-corrected chi connectivity index (χ4v) is 1.93. The lowest BCUT2D eigenvalue weighted by molar-refractivity contribution is 0.479. The average Bonchev–Trinajstić information content (AvgIpc) is 2.14. The molecule has 0 aromatic carbocycles. The normalized spacial score (nSPS) is 12.4. The minimum atomic E-state index is -3.74. The van der Waals surface area contributed by atoms with Crippen LogP contribution in [0.15, 0.2) is 12.2 Å². The molecular formula is C11H22O3S. The number of hydrogen-bond acceptors (Lipinski definition) is 2. The van der Waals surface area contributed by atoms with Crippen molar-refractivity contribution in [2.45, 2.75) is 51.9 Å². The molecule has 0 radical (unpaired) electrons. The predicted molar refractivity (Wildman–Crippen MR) is 63.5 cm³/mol. The van der Waals surface area contributed by atoms with Gasteiger partial charge in [-0.1, -0.05) is 38.3 Å². The molecule has 0 atom stereocenters. The highest BCUT2D eigenvalue weighted by Crippen LogP contribution is 2.06. The standard InChI is InChI=1S/C11H22O3S/c1-2-3-4-5-6-7-8-9-10-11-15(12,13)14/h3-4H,2,5-11H2,1H3,(H,12,13,14)/b4-3-. The maximum atomic E-state index is 10.4.